The van der Waals surface area contributed by atoms with E-state index in [4.69, 9.17) is 0 Å². The molecule has 6 heteroatoms. The number of amides is 1. The Labute approximate surface area is 157 Å². The number of carbonyl (C=O) groups excluding carboxylic acids is 1. The Bertz CT molecular complexity index is 730. The largest absolute Gasteiger partial charge is 0.338 e. The molecular weight excluding hydrogens is 348 g/mol. The molecule has 26 heavy (non-hydrogen) atoms. The zero-order chi connectivity index (χ0) is 18.7. The summed E-state index contributed by atoms with van der Waals surface area (Å²) in [4.78, 5) is 14.8. The van der Waals surface area contributed by atoms with Gasteiger partial charge in [0.15, 0.2) is 0 Å². The first kappa shape index (κ1) is 19.4. The normalized spacial score (nSPS) is 25.2. The highest BCUT2D eigenvalue weighted by Crippen LogP contribution is 2.27. The molecule has 2 aliphatic heterocycles. The molecule has 144 valence electrons. The van der Waals surface area contributed by atoms with E-state index in [-0.39, 0.29) is 11.9 Å². The quantitative estimate of drug-likeness (QED) is 0.805. The lowest BCUT2D eigenvalue weighted by atomic mass is 9.99. The van der Waals surface area contributed by atoms with Crippen molar-refractivity contribution < 1.29 is 13.2 Å². The molecule has 0 spiro atoms. The third kappa shape index (κ3) is 3.96. The van der Waals surface area contributed by atoms with Crippen molar-refractivity contribution in [1.29, 1.82) is 0 Å². The van der Waals surface area contributed by atoms with Crippen LogP contribution in [0.2, 0.25) is 0 Å². The van der Waals surface area contributed by atoms with Crippen molar-refractivity contribution in [3.05, 3.63) is 29.8 Å². The minimum Gasteiger partial charge on any atom is -0.338 e. The van der Waals surface area contributed by atoms with Crippen LogP contribution in [0.5, 0.6) is 0 Å². The number of benzene rings is 1. The average Bonchev–Trinajstić information content (AvgIpc) is 2.67. The second-order valence-electron chi connectivity index (χ2n) is 7.70. The zero-order valence-electron chi connectivity index (χ0n) is 15.9. The van der Waals surface area contributed by atoms with Crippen molar-refractivity contribution in [1.82, 2.24) is 9.21 Å². The predicted molar refractivity (Wildman–Crippen MR) is 103 cm³/mol. The fourth-order valence-corrected chi connectivity index (χ4v) is 5.93. The van der Waals surface area contributed by atoms with Gasteiger partial charge in [-0.2, -0.15) is 4.31 Å². The second kappa shape index (κ2) is 8.09. The fraction of sp³-hybridized carbons (Fsp3) is 0.650. The molecular formula is C20H30N2O3S. The number of sulfonamides is 1. The molecule has 1 aromatic carbocycles. The van der Waals surface area contributed by atoms with Crippen LogP contribution in [-0.2, 0) is 10.0 Å². The highest BCUT2D eigenvalue weighted by molar-refractivity contribution is 7.89. The summed E-state index contributed by atoms with van der Waals surface area (Å²) in [7, 11) is -3.49. The van der Waals surface area contributed by atoms with Crippen LogP contribution in [0, 0.1) is 5.92 Å². The lowest BCUT2D eigenvalue weighted by Gasteiger charge is -2.34. The Morgan fingerprint density at radius 2 is 1.81 bits per heavy atom. The van der Waals surface area contributed by atoms with E-state index in [2.05, 4.69) is 6.92 Å². The van der Waals surface area contributed by atoms with Crippen LogP contribution in [0.3, 0.4) is 0 Å². The van der Waals surface area contributed by atoms with Crippen molar-refractivity contribution in [3.63, 3.8) is 0 Å². The Hall–Kier alpha value is -1.40. The Kier molecular flexibility index (Phi) is 6.03. The van der Waals surface area contributed by atoms with E-state index >= 15 is 0 Å². The molecule has 2 heterocycles. The molecule has 0 aliphatic carbocycles. The van der Waals surface area contributed by atoms with Crippen LogP contribution in [0.1, 0.15) is 62.7 Å². The van der Waals surface area contributed by atoms with Crippen LogP contribution in [-0.4, -0.2) is 49.2 Å². The first-order chi connectivity index (χ1) is 12.4. The molecule has 2 atom stereocenters. The lowest BCUT2D eigenvalue weighted by molar-refractivity contribution is 0.0683. The molecule has 3 rings (SSSR count). The Balaban J connectivity index is 1.77. The van der Waals surface area contributed by atoms with E-state index in [1.165, 1.54) is 0 Å². The van der Waals surface area contributed by atoms with Crippen molar-refractivity contribution in [2.24, 2.45) is 5.92 Å². The van der Waals surface area contributed by atoms with Gasteiger partial charge in [-0.25, -0.2) is 8.42 Å². The number of likely N-dealkylation sites (tertiary alicyclic amines) is 1. The van der Waals surface area contributed by atoms with Crippen LogP contribution in [0.4, 0.5) is 0 Å². The molecule has 5 nitrogen and oxygen atoms in total. The maximum absolute atomic E-state index is 13.0. The Morgan fingerprint density at radius 3 is 2.46 bits per heavy atom. The van der Waals surface area contributed by atoms with Crippen LogP contribution >= 0.6 is 0 Å². The van der Waals surface area contributed by atoms with Gasteiger partial charge in [0.25, 0.3) is 5.91 Å². The number of hydrogen-bond donors (Lipinski definition) is 0. The SMILES string of the molecule is CCC1CCCCN1S(=O)(=O)c1ccc(C(=O)N2CCCC(C)C2)cc1. The topological polar surface area (TPSA) is 57.7 Å². The van der Waals surface area contributed by atoms with E-state index in [0.29, 0.717) is 22.9 Å². The molecule has 0 N–H and O–H groups in total. The highest BCUT2D eigenvalue weighted by Gasteiger charge is 2.32. The van der Waals surface area contributed by atoms with Gasteiger partial charge in [0, 0.05) is 31.2 Å². The summed E-state index contributed by atoms with van der Waals surface area (Å²) in [5.74, 6) is 0.530. The summed E-state index contributed by atoms with van der Waals surface area (Å²) in [6, 6.07) is 6.61. The van der Waals surface area contributed by atoms with Crippen LogP contribution < -0.4 is 0 Å². The van der Waals surface area contributed by atoms with Gasteiger partial charge in [-0.05, 0) is 62.3 Å². The van der Waals surface area contributed by atoms with Crippen molar-refractivity contribution >= 4 is 15.9 Å². The maximum Gasteiger partial charge on any atom is 0.253 e. The number of hydrogen-bond acceptors (Lipinski definition) is 3. The van der Waals surface area contributed by atoms with Crippen molar-refractivity contribution in [2.75, 3.05) is 19.6 Å². The van der Waals surface area contributed by atoms with E-state index < -0.39 is 10.0 Å². The molecule has 0 saturated carbocycles. The molecule has 2 fully saturated rings. The van der Waals surface area contributed by atoms with Gasteiger partial charge >= 0.3 is 0 Å². The highest BCUT2D eigenvalue weighted by atomic mass is 32.2. The standard InChI is InChI=1S/C20H30N2O3S/c1-3-18-8-4-5-14-22(18)26(24,25)19-11-9-17(10-12-19)20(23)21-13-6-7-16(2)15-21/h9-12,16,18H,3-8,13-15H2,1-2H3. The monoisotopic (exact) mass is 378 g/mol. The molecule has 0 aromatic heterocycles. The third-order valence-electron chi connectivity index (χ3n) is 5.70. The number of nitrogens with zero attached hydrogens (tertiary/aromatic N) is 2. The summed E-state index contributed by atoms with van der Waals surface area (Å²) >= 11 is 0. The van der Waals surface area contributed by atoms with Gasteiger partial charge in [-0.1, -0.05) is 20.3 Å². The maximum atomic E-state index is 13.0. The summed E-state index contributed by atoms with van der Waals surface area (Å²) in [6.45, 7) is 6.37. The number of rotatable bonds is 4. The van der Waals surface area contributed by atoms with E-state index in [1.807, 2.05) is 11.8 Å². The molecule has 0 bridgehead atoms. The van der Waals surface area contributed by atoms with Gasteiger partial charge in [0.1, 0.15) is 0 Å². The van der Waals surface area contributed by atoms with Gasteiger partial charge in [-0.15, -0.1) is 0 Å². The lowest BCUT2D eigenvalue weighted by Crippen LogP contribution is -2.43. The van der Waals surface area contributed by atoms with Crippen LogP contribution in [0.15, 0.2) is 29.2 Å². The van der Waals surface area contributed by atoms with Crippen LogP contribution in [0.25, 0.3) is 0 Å². The van der Waals surface area contributed by atoms with E-state index in [9.17, 15) is 13.2 Å². The first-order valence-corrected chi connectivity index (χ1v) is 11.3. The number of carbonyl (C=O) groups is 1. The van der Waals surface area contributed by atoms with Gasteiger partial charge < -0.3 is 4.90 Å². The molecule has 2 unspecified atom stereocenters. The minimum absolute atomic E-state index is 0.00454. The van der Waals surface area contributed by atoms with Gasteiger partial charge in [0.2, 0.25) is 10.0 Å². The minimum atomic E-state index is -3.49. The molecule has 1 aromatic rings. The molecule has 0 radical (unpaired) electrons. The van der Waals surface area contributed by atoms with Gasteiger partial charge in [0.05, 0.1) is 4.90 Å². The third-order valence-corrected chi connectivity index (χ3v) is 7.66. The molecule has 1 amide bonds. The second-order valence-corrected chi connectivity index (χ2v) is 9.59. The van der Waals surface area contributed by atoms with E-state index in [0.717, 1.165) is 51.6 Å². The van der Waals surface area contributed by atoms with Crippen molar-refractivity contribution in [2.45, 2.75) is 63.3 Å². The van der Waals surface area contributed by atoms with E-state index in [1.54, 1.807) is 28.6 Å². The van der Waals surface area contributed by atoms with Gasteiger partial charge in [-0.3, -0.25) is 4.79 Å². The summed E-state index contributed by atoms with van der Waals surface area (Å²) < 4.78 is 27.7. The first-order valence-electron chi connectivity index (χ1n) is 9.84. The molecule has 2 aliphatic rings. The average molecular weight is 379 g/mol. The summed E-state index contributed by atoms with van der Waals surface area (Å²) in [6.07, 6.45) is 5.97. The fourth-order valence-electron chi connectivity index (χ4n) is 4.16. The smallest absolute Gasteiger partial charge is 0.253 e. The predicted octanol–water partition coefficient (Wildman–Crippen LogP) is 3.51. The molecule has 2 saturated heterocycles. The summed E-state index contributed by atoms with van der Waals surface area (Å²) in [5, 5.41) is 0. The van der Waals surface area contributed by atoms with Crippen molar-refractivity contribution in [3.8, 4) is 0 Å². The summed E-state index contributed by atoms with van der Waals surface area (Å²) in [5.41, 5.74) is 0.573. The Morgan fingerprint density at radius 1 is 1.08 bits per heavy atom. The number of piperidine rings is 2. The zero-order valence-corrected chi connectivity index (χ0v) is 16.7.